The van der Waals surface area contributed by atoms with Crippen molar-refractivity contribution in [3.05, 3.63) is 71.5 Å². The van der Waals surface area contributed by atoms with Gasteiger partial charge in [0.15, 0.2) is 0 Å². The fraction of sp³-hybridized carbons (Fsp3) is 0.350. The molecule has 0 aromatic heterocycles. The third kappa shape index (κ3) is 4.65. The van der Waals surface area contributed by atoms with E-state index in [0.717, 1.165) is 44.7 Å². The number of carbonyl (C=O) groups is 1. The van der Waals surface area contributed by atoms with Crippen molar-refractivity contribution in [3.63, 3.8) is 0 Å². The number of hydrogen-bond acceptors (Lipinski definition) is 3. The molecular formula is C20H24FN3O. The van der Waals surface area contributed by atoms with E-state index in [0.29, 0.717) is 0 Å². The number of primary amides is 1. The molecular weight excluding hydrogens is 317 g/mol. The highest BCUT2D eigenvalue weighted by atomic mass is 19.1. The van der Waals surface area contributed by atoms with Gasteiger partial charge in [-0.1, -0.05) is 42.5 Å². The zero-order chi connectivity index (χ0) is 17.6. The van der Waals surface area contributed by atoms with Crippen molar-refractivity contribution < 1.29 is 9.18 Å². The molecule has 132 valence electrons. The summed E-state index contributed by atoms with van der Waals surface area (Å²) in [5.74, 6) is -0.693. The van der Waals surface area contributed by atoms with Crippen molar-refractivity contribution in [2.24, 2.45) is 5.73 Å². The summed E-state index contributed by atoms with van der Waals surface area (Å²) < 4.78 is 13.1. The summed E-state index contributed by atoms with van der Waals surface area (Å²) in [6.45, 7) is 4.37. The van der Waals surface area contributed by atoms with Gasteiger partial charge in [-0.3, -0.25) is 9.69 Å². The van der Waals surface area contributed by atoms with E-state index in [2.05, 4.69) is 34.1 Å². The minimum absolute atomic E-state index is 0.308. The lowest BCUT2D eigenvalue weighted by atomic mass is 10.0. The maximum atomic E-state index is 13.1. The molecule has 0 unspecified atom stereocenters. The maximum absolute atomic E-state index is 13.1. The summed E-state index contributed by atoms with van der Waals surface area (Å²) in [4.78, 5) is 16.5. The summed E-state index contributed by atoms with van der Waals surface area (Å²) in [5.41, 5.74) is 7.71. The Morgan fingerprint density at radius 2 is 1.64 bits per heavy atom. The molecule has 2 aromatic carbocycles. The number of nitrogens with two attached hydrogens (primary N) is 1. The number of hydrogen-bond donors (Lipinski definition) is 1. The molecule has 2 N–H and O–H groups in total. The molecule has 4 nitrogen and oxygen atoms in total. The predicted molar refractivity (Wildman–Crippen MR) is 96.5 cm³/mol. The standard InChI is InChI=1S/C20H24FN3O/c21-18-8-6-17(7-9-18)19(20(22)25)24-14-12-23(13-15-24)11-10-16-4-2-1-3-5-16/h1-9,19H,10-15H2,(H2,22,25)/t19-/m1/s1. The van der Waals surface area contributed by atoms with E-state index in [9.17, 15) is 9.18 Å². The van der Waals surface area contributed by atoms with Crippen LogP contribution in [0.25, 0.3) is 0 Å². The Balaban J connectivity index is 1.56. The second kappa shape index (κ2) is 8.23. The van der Waals surface area contributed by atoms with E-state index < -0.39 is 6.04 Å². The molecule has 0 radical (unpaired) electrons. The highest BCUT2D eigenvalue weighted by Crippen LogP contribution is 2.22. The van der Waals surface area contributed by atoms with Gasteiger partial charge in [-0.15, -0.1) is 0 Å². The Morgan fingerprint density at radius 1 is 1.00 bits per heavy atom. The number of piperazine rings is 1. The average Bonchev–Trinajstić information content (AvgIpc) is 2.63. The van der Waals surface area contributed by atoms with Crippen LogP contribution in [0.5, 0.6) is 0 Å². The molecule has 1 heterocycles. The predicted octanol–water partition coefficient (Wildman–Crippen LogP) is 2.21. The zero-order valence-electron chi connectivity index (χ0n) is 14.3. The van der Waals surface area contributed by atoms with Crippen molar-refractivity contribution >= 4 is 5.91 Å². The Kier molecular flexibility index (Phi) is 5.79. The lowest BCUT2D eigenvalue weighted by molar-refractivity contribution is -0.124. The van der Waals surface area contributed by atoms with Crippen LogP contribution in [0.4, 0.5) is 4.39 Å². The summed E-state index contributed by atoms with van der Waals surface area (Å²) >= 11 is 0. The highest BCUT2D eigenvalue weighted by Gasteiger charge is 2.28. The Bertz CT molecular complexity index is 682. The van der Waals surface area contributed by atoms with Crippen LogP contribution in [0, 0.1) is 5.82 Å². The first kappa shape index (κ1) is 17.6. The van der Waals surface area contributed by atoms with Crippen LogP contribution in [-0.4, -0.2) is 48.4 Å². The van der Waals surface area contributed by atoms with E-state index in [-0.39, 0.29) is 11.7 Å². The fourth-order valence-electron chi connectivity index (χ4n) is 3.38. The molecule has 3 rings (SSSR count). The molecule has 0 saturated carbocycles. The molecule has 2 aromatic rings. The van der Waals surface area contributed by atoms with Gasteiger partial charge in [0.05, 0.1) is 0 Å². The largest absolute Gasteiger partial charge is 0.368 e. The van der Waals surface area contributed by atoms with E-state index >= 15 is 0 Å². The molecule has 1 aliphatic rings. The van der Waals surface area contributed by atoms with E-state index in [4.69, 9.17) is 5.73 Å². The van der Waals surface area contributed by atoms with Gasteiger partial charge in [-0.05, 0) is 29.7 Å². The Morgan fingerprint density at radius 3 is 2.24 bits per heavy atom. The van der Waals surface area contributed by atoms with E-state index in [1.165, 1.54) is 17.7 Å². The first-order valence-corrected chi connectivity index (χ1v) is 8.68. The number of benzene rings is 2. The summed E-state index contributed by atoms with van der Waals surface area (Å²) in [6.07, 6.45) is 1.03. The van der Waals surface area contributed by atoms with Crippen LogP contribution >= 0.6 is 0 Å². The van der Waals surface area contributed by atoms with Crippen LogP contribution in [-0.2, 0) is 11.2 Å². The molecule has 1 amide bonds. The van der Waals surface area contributed by atoms with E-state index in [1.54, 1.807) is 12.1 Å². The third-order valence-corrected chi connectivity index (χ3v) is 4.79. The fourth-order valence-corrected chi connectivity index (χ4v) is 3.38. The summed E-state index contributed by atoms with van der Waals surface area (Å²) in [7, 11) is 0. The van der Waals surface area contributed by atoms with Gasteiger partial charge >= 0.3 is 0 Å². The third-order valence-electron chi connectivity index (χ3n) is 4.79. The van der Waals surface area contributed by atoms with Gasteiger partial charge in [-0.2, -0.15) is 0 Å². The molecule has 1 saturated heterocycles. The second-order valence-corrected chi connectivity index (χ2v) is 6.47. The first-order chi connectivity index (χ1) is 12.1. The topological polar surface area (TPSA) is 49.6 Å². The van der Waals surface area contributed by atoms with Crippen LogP contribution in [0.15, 0.2) is 54.6 Å². The van der Waals surface area contributed by atoms with Gasteiger partial charge in [-0.25, -0.2) is 4.39 Å². The maximum Gasteiger partial charge on any atom is 0.239 e. The zero-order valence-corrected chi connectivity index (χ0v) is 14.3. The van der Waals surface area contributed by atoms with Crippen LogP contribution in [0.3, 0.4) is 0 Å². The minimum atomic E-state index is -0.489. The number of nitrogens with zero attached hydrogens (tertiary/aromatic N) is 2. The summed E-state index contributed by atoms with van der Waals surface area (Å²) in [5, 5.41) is 0. The van der Waals surface area contributed by atoms with Crippen molar-refractivity contribution in [1.82, 2.24) is 9.80 Å². The molecule has 0 spiro atoms. The van der Waals surface area contributed by atoms with Crippen LogP contribution in [0.2, 0.25) is 0 Å². The quantitative estimate of drug-likeness (QED) is 0.876. The smallest absolute Gasteiger partial charge is 0.239 e. The van der Waals surface area contributed by atoms with Crippen molar-refractivity contribution in [2.45, 2.75) is 12.5 Å². The van der Waals surface area contributed by atoms with Gasteiger partial charge < -0.3 is 10.6 Å². The van der Waals surface area contributed by atoms with Gasteiger partial charge in [0.1, 0.15) is 11.9 Å². The number of rotatable bonds is 6. The van der Waals surface area contributed by atoms with Gasteiger partial charge in [0.2, 0.25) is 5.91 Å². The van der Waals surface area contributed by atoms with Crippen molar-refractivity contribution in [3.8, 4) is 0 Å². The second-order valence-electron chi connectivity index (χ2n) is 6.47. The van der Waals surface area contributed by atoms with Crippen LogP contribution in [0.1, 0.15) is 17.2 Å². The highest BCUT2D eigenvalue weighted by molar-refractivity contribution is 5.81. The van der Waals surface area contributed by atoms with Crippen molar-refractivity contribution in [1.29, 1.82) is 0 Å². The minimum Gasteiger partial charge on any atom is -0.368 e. The molecule has 1 aliphatic heterocycles. The normalized spacial score (nSPS) is 17.3. The molecule has 0 bridgehead atoms. The first-order valence-electron chi connectivity index (χ1n) is 8.68. The molecule has 5 heteroatoms. The Labute approximate surface area is 148 Å². The molecule has 1 fully saturated rings. The molecule has 0 aliphatic carbocycles. The number of halogens is 1. The average molecular weight is 341 g/mol. The molecule has 1 atom stereocenters. The van der Waals surface area contributed by atoms with Gasteiger partial charge in [0, 0.05) is 32.7 Å². The number of amides is 1. The lowest BCUT2D eigenvalue weighted by Crippen LogP contribution is -2.50. The lowest BCUT2D eigenvalue weighted by Gasteiger charge is -2.38. The molecule has 25 heavy (non-hydrogen) atoms. The SMILES string of the molecule is NC(=O)[C@@H](c1ccc(F)cc1)N1CCN(CCc2ccccc2)CC1. The van der Waals surface area contributed by atoms with Crippen molar-refractivity contribution in [2.75, 3.05) is 32.7 Å². The van der Waals surface area contributed by atoms with Crippen LogP contribution < -0.4 is 5.73 Å². The monoisotopic (exact) mass is 341 g/mol. The van der Waals surface area contributed by atoms with E-state index in [1.807, 2.05) is 6.07 Å². The number of carbonyl (C=O) groups excluding carboxylic acids is 1. The van der Waals surface area contributed by atoms with Gasteiger partial charge in [0.25, 0.3) is 0 Å². The Hall–Kier alpha value is -2.24. The summed E-state index contributed by atoms with van der Waals surface area (Å²) in [6, 6.07) is 16.0.